The minimum Gasteiger partial charge on any atom is -0.379 e. The maximum absolute atomic E-state index is 12.0. The van der Waals surface area contributed by atoms with Crippen LogP contribution in [-0.2, 0) is 9.53 Å². The summed E-state index contributed by atoms with van der Waals surface area (Å²) in [5, 5.41) is 2.67. The van der Waals surface area contributed by atoms with E-state index < -0.39 is 11.4 Å². The number of aromatic nitrogens is 2. The molecule has 1 atom stereocenters. The van der Waals surface area contributed by atoms with E-state index in [1.54, 1.807) is 0 Å². The van der Waals surface area contributed by atoms with Gasteiger partial charge in [0, 0.05) is 6.61 Å². The SMILES string of the molecule is NC1(C(=O)Nc2c(Cl)ncnc2Cl)CCOC1. The third kappa shape index (κ3) is 2.50. The first-order valence-corrected chi connectivity index (χ1v) is 5.62. The molecule has 3 N–H and O–H groups in total. The summed E-state index contributed by atoms with van der Waals surface area (Å²) in [6.45, 7) is 0.623. The lowest BCUT2D eigenvalue weighted by Gasteiger charge is -2.20. The summed E-state index contributed by atoms with van der Waals surface area (Å²) in [5.74, 6) is -0.409. The van der Waals surface area contributed by atoms with E-state index in [1.807, 2.05) is 0 Å². The van der Waals surface area contributed by atoms with Crippen molar-refractivity contribution in [3.63, 3.8) is 0 Å². The van der Waals surface area contributed by atoms with Gasteiger partial charge in [0.15, 0.2) is 10.3 Å². The van der Waals surface area contributed by atoms with Crippen molar-refractivity contribution < 1.29 is 9.53 Å². The lowest BCUT2D eigenvalue weighted by molar-refractivity contribution is -0.121. The minimum atomic E-state index is -1.05. The Morgan fingerprint density at radius 3 is 2.65 bits per heavy atom. The molecule has 0 saturated carbocycles. The van der Waals surface area contributed by atoms with Crippen LogP contribution in [0.4, 0.5) is 5.69 Å². The van der Waals surface area contributed by atoms with Crippen LogP contribution in [-0.4, -0.2) is 34.6 Å². The van der Waals surface area contributed by atoms with Crippen molar-refractivity contribution in [1.29, 1.82) is 0 Å². The Bertz CT molecular complexity index is 428. The van der Waals surface area contributed by atoms with Crippen molar-refractivity contribution in [2.75, 3.05) is 18.5 Å². The normalized spacial score (nSPS) is 23.7. The molecule has 1 saturated heterocycles. The van der Waals surface area contributed by atoms with Crippen molar-refractivity contribution in [2.24, 2.45) is 5.73 Å². The first-order valence-electron chi connectivity index (χ1n) is 4.87. The van der Waals surface area contributed by atoms with E-state index in [9.17, 15) is 4.79 Å². The predicted molar refractivity (Wildman–Crippen MR) is 63.0 cm³/mol. The number of anilines is 1. The van der Waals surface area contributed by atoms with Gasteiger partial charge < -0.3 is 15.8 Å². The lowest BCUT2D eigenvalue weighted by Crippen LogP contribution is -2.51. The Morgan fingerprint density at radius 2 is 2.12 bits per heavy atom. The van der Waals surface area contributed by atoms with E-state index in [0.29, 0.717) is 13.0 Å². The first-order chi connectivity index (χ1) is 8.03. The largest absolute Gasteiger partial charge is 0.379 e. The molecule has 0 aromatic carbocycles. The summed E-state index contributed by atoms with van der Waals surface area (Å²) < 4.78 is 5.10. The Hall–Kier alpha value is -0.950. The smallest absolute Gasteiger partial charge is 0.247 e. The minimum absolute atomic E-state index is 0.0702. The fourth-order valence-corrected chi connectivity index (χ4v) is 1.85. The molecule has 17 heavy (non-hydrogen) atoms. The number of ether oxygens (including phenoxy) is 1. The van der Waals surface area contributed by atoms with Crippen molar-refractivity contribution in [1.82, 2.24) is 9.97 Å². The molecule has 0 radical (unpaired) electrons. The summed E-state index contributed by atoms with van der Waals surface area (Å²) in [7, 11) is 0. The average Bonchev–Trinajstić information content (AvgIpc) is 2.72. The quantitative estimate of drug-likeness (QED) is 0.782. The van der Waals surface area contributed by atoms with Gasteiger partial charge in [-0.3, -0.25) is 4.79 Å². The van der Waals surface area contributed by atoms with Crippen LogP contribution in [0, 0.1) is 0 Å². The monoisotopic (exact) mass is 276 g/mol. The van der Waals surface area contributed by atoms with Crippen molar-refractivity contribution >= 4 is 34.8 Å². The number of rotatable bonds is 2. The van der Waals surface area contributed by atoms with Crippen LogP contribution in [0.5, 0.6) is 0 Å². The number of nitrogens with two attached hydrogens (primary N) is 1. The summed E-state index contributed by atoms with van der Waals surface area (Å²) in [5.41, 5.74) is 5.00. The van der Waals surface area contributed by atoms with Crippen LogP contribution in [0.1, 0.15) is 6.42 Å². The van der Waals surface area contributed by atoms with Gasteiger partial charge in [-0.2, -0.15) is 0 Å². The second kappa shape index (κ2) is 4.73. The van der Waals surface area contributed by atoms with E-state index in [1.165, 1.54) is 6.33 Å². The molecule has 2 rings (SSSR count). The van der Waals surface area contributed by atoms with Gasteiger partial charge in [0.05, 0.1) is 6.61 Å². The molecule has 8 heteroatoms. The van der Waals surface area contributed by atoms with Crippen molar-refractivity contribution in [3.05, 3.63) is 16.6 Å². The molecule has 1 fully saturated rings. The Kier molecular flexibility index (Phi) is 3.48. The highest BCUT2D eigenvalue weighted by molar-refractivity contribution is 6.38. The molecule has 1 amide bonds. The molecule has 0 spiro atoms. The van der Waals surface area contributed by atoms with Gasteiger partial charge >= 0.3 is 0 Å². The van der Waals surface area contributed by atoms with Crippen molar-refractivity contribution in [2.45, 2.75) is 12.0 Å². The number of hydrogen-bond donors (Lipinski definition) is 2. The zero-order valence-electron chi connectivity index (χ0n) is 8.74. The fraction of sp³-hybridized carbons (Fsp3) is 0.444. The summed E-state index contributed by atoms with van der Waals surface area (Å²) >= 11 is 11.6. The Morgan fingerprint density at radius 1 is 1.47 bits per heavy atom. The molecule has 0 bridgehead atoms. The molecule has 0 aliphatic carbocycles. The Labute approximate surface area is 107 Å². The van der Waals surface area contributed by atoms with Gasteiger partial charge in [-0.05, 0) is 6.42 Å². The van der Waals surface area contributed by atoms with Crippen LogP contribution >= 0.6 is 23.2 Å². The zero-order chi connectivity index (χ0) is 12.5. The molecule has 1 aromatic rings. The highest BCUT2D eigenvalue weighted by atomic mass is 35.5. The number of amides is 1. The van der Waals surface area contributed by atoms with E-state index in [0.717, 1.165) is 0 Å². The average molecular weight is 277 g/mol. The second-order valence-electron chi connectivity index (χ2n) is 3.74. The van der Waals surface area contributed by atoms with Crippen LogP contribution in [0.25, 0.3) is 0 Å². The highest BCUT2D eigenvalue weighted by Gasteiger charge is 2.38. The number of hydrogen-bond acceptors (Lipinski definition) is 5. The molecular formula is C9H10Cl2N4O2. The summed E-state index contributed by atoms with van der Waals surface area (Å²) in [4.78, 5) is 19.4. The summed E-state index contributed by atoms with van der Waals surface area (Å²) in [6, 6.07) is 0. The topological polar surface area (TPSA) is 90.1 Å². The van der Waals surface area contributed by atoms with Crippen LogP contribution in [0.15, 0.2) is 6.33 Å². The molecule has 1 aliphatic rings. The standard InChI is InChI=1S/C9H10Cl2N4O2/c10-6-5(7(11)14-4-13-6)15-8(16)9(12)1-2-17-3-9/h4H,1-3,12H2,(H,15,16). The van der Waals surface area contributed by atoms with Gasteiger partial charge in [0.25, 0.3) is 0 Å². The highest BCUT2D eigenvalue weighted by Crippen LogP contribution is 2.27. The molecule has 1 unspecified atom stereocenters. The van der Waals surface area contributed by atoms with Gasteiger partial charge in [-0.25, -0.2) is 9.97 Å². The van der Waals surface area contributed by atoms with E-state index in [4.69, 9.17) is 33.7 Å². The fourth-order valence-electron chi connectivity index (χ4n) is 1.45. The number of carbonyl (C=O) groups is 1. The summed E-state index contributed by atoms with van der Waals surface area (Å²) in [6.07, 6.45) is 1.65. The second-order valence-corrected chi connectivity index (χ2v) is 4.46. The van der Waals surface area contributed by atoms with Crippen LogP contribution in [0.2, 0.25) is 10.3 Å². The molecule has 2 heterocycles. The van der Waals surface area contributed by atoms with E-state index in [-0.39, 0.29) is 22.6 Å². The molecular weight excluding hydrogens is 267 g/mol. The lowest BCUT2D eigenvalue weighted by atomic mass is 9.99. The predicted octanol–water partition coefficient (Wildman–Crippen LogP) is 0.840. The van der Waals surface area contributed by atoms with Crippen LogP contribution < -0.4 is 11.1 Å². The van der Waals surface area contributed by atoms with E-state index in [2.05, 4.69) is 15.3 Å². The van der Waals surface area contributed by atoms with Crippen molar-refractivity contribution in [3.8, 4) is 0 Å². The van der Waals surface area contributed by atoms with Gasteiger partial charge in [-0.1, -0.05) is 23.2 Å². The molecule has 1 aliphatic heterocycles. The molecule has 92 valence electrons. The van der Waals surface area contributed by atoms with Gasteiger partial charge in [0.1, 0.15) is 17.6 Å². The Balaban J connectivity index is 2.18. The number of halogens is 2. The molecule has 1 aromatic heterocycles. The van der Waals surface area contributed by atoms with Crippen LogP contribution in [0.3, 0.4) is 0 Å². The third-order valence-electron chi connectivity index (χ3n) is 2.50. The number of carbonyl (C=O) groups excluding carboxylic acids is 1. The number of nitrogens with one attached hydrogen (secondary N) is 1. The number of nitrogens with zero attached hydrogens (tertiary/aromatic N) is 2. The maximum atomic E-state index is 12.0. The zero-order valence-corrected chi connectivity index (χ0v) is 10.3. The molecule has 6 nitrogen and oxygen atoms in total. The van der Waals surface area contributed by atoms with Gasteiger partial charge in [0.2, 0.25) is 5.91 Å². The first kappa shape index (κ1) is 12.5. The third-order valence-corrected chi connectivity index (χ3v) is 3.07. The maximum Gasteiger partial charge on any atom is 0.247 e. The van der Waals surface area contributed by atoms with E-state index >= 15 is 0 Å². The van der Waals surface area contributed by atoms with Gasteiger partial charge in [-0.15, -0.1) is 0 Å².